The number of ether oxygens (including phenoxy) is 2. The summed E-state index contributed by atoms with van der Waals surface area (Å²) in [5.41, 5.74) is 6.97. The summed E-state index contributed by atoms with van der Waals surface area (Å²) in [5, 5.41) is 29.9. The van der Waals surface area contributed by atoms with Gasteiger partial charge >= 0.3 is 0 Å². The zero-order chi connectivity index (χ0) is 43.5. The summed E-state index contributed by atoms with van der Waals surface area (Å²) in [5.74, 6) is 0.620. The lowest BCUT2D eigenvalue weighted by Crippen LogP contribution is -2.43. The van der Waals surface area contributed by atoms with Gasteiger partial charge in [0.1, 0.15) is 0 Å². The maximum absolute atomic E-state index is 5.94. The molecular weight excluding hydrogens is 849 g/mol. The van der Waals surface area contributed by atoms with E-state index < -0.39 is 0 Å². The maximum atomic E-state index is 5.94. The maximum Gasteiger partial charge on any atom is 0.166 e. The third-order valence-corrected chi connectivity index (χ3v) is 11.7. The van der Waals surface area contributed by atoms with Crippen LogP contribution in [0.15, 0.2) is 109 Å². The average molecular weight is 913 g/mol. The number of unbranched alkanes of at least 4 members (excludes halogenated alkanes) is 2. The molecular formula is C48H64N8O2S4. The van der Waals surface area contributed by atoms with Crippen molar-refractivity contribution in [1.82, 2.24) is 42.5 Å². The number of benzene rings is 4. The van der Waals surface area contributed by atoms with Gasteiger partial charge in [-0.15, -0.1) is 0 Å². The van der Waals surface area contributed by atoms with Crippen molar-refractivity contribution in [1.29, 1.82) is 0 Å². The molecule has 0 saturated carbocycles. The molecule has 8 N–H and O–H groups in total. The topological polar surface area (TPSA) is 115 Å². The second-order valence-electron chi connectivity index (χ2n) is 15.7. The highest BCUT2D eigenvalue weighted by Gasteiger charge is 2.13. The smallest absolute Gasteiger partial charge is 0.166 e. The van der Waals surface area contributed by atoms with Crippen molar-refractivity contribution in [3.05, 3.63) is 143 Å². The molecule has 0 amide bonds. The Morgan fingerprint density at radius 3 is 0.952 bits per heavy atom. The van der Waals surface area contributed by atoms with Gasteiger partial charge in [0.25, 0.3) is 0 Å². The predicted molar refractivity (Wildman–Crippen MR) is 270 cm³/mol. The number of hydrogen-bond acceptors (Lipinski definition) is 6. The molecule has 0 unspecified atom stereocenters. The first kappa shape index (κ1) is 48.6. The summed E-state index contributed by atoms with van der Waals surface area (Å²) in [4.78, 5) is 0. The van der Waals surface area contributed by atoms with E-state index in [2.05, 4.69) is 115 Å². The molecule has 4 bridgehead atoms. The molecule has 0 fully saturated rings. The van der Waals surface area contributed by atoms with Crippen molar-refractivity contribution < 1.29 is 9.47 Å². The van der Waals surface area contributed by atoms with Crippen LogP contribution < -0.4 is 42.5 Å². The van der Waals surface area contributed by atoms with Crippen LogP contribution in [0.4, 0.5) is 0 Å². The molecule has 4 aliphatic heterocycles. The first-order chi connectivity index (χ1) is 30.4. The average Bonchev–Trinajstić information content (AvgIpc) is 3.30. The van der Waals surface area contributed by atoms with Gasteiger partial charge in [0.05, 0.1) is 13.2 Å². The van der Waals surface area contributed by atoms with E-state index >= 15 is 0 Å². The van der Waals surface area contributed by atoms with Crippen molar-refractivity contribution in [2.24, 2.45) is 11.8 Å². The van der Waals surface area contributed by atoms with E-state index in [-0.39, 0.29) is 0 Å². The molecule has 14 heteroatoms. The van der Waals surface area contributed by atoms with Crippen molar-refractivity contribution in [3.8, 4) is 0 Å². The number of hydrogen-bond donors (Lipinski definition) is 8. The normalized spacial score (nSPS) is 17.5. The van der Waals surface area contributed by atoms with Crippen LogP contribution in [-0.4, -0.2) is 59.8 Å². The molecule has 0 saturated heterocycles. The lowest BCUT2D eigenvalue weighted by atomic mass is 10.0. The molecule has 10 nitrogen and oxygen atoms in total. The fraction of sp³-hybridized carbons (Fsp3) is 0.417. The van der Waals surface area contributed by atoms with Crippen LogP contribution in [0.25, 0.3) is 0 Å². The Hall–Kier alpha value is -4.44. The van der Waals surface area contributed by atoms with E-state index in [1.165, 1.54) is 11.1 Å². The first-order valence-corrected chi connectivity index (χ1v) is 23.5. The second kappa shape index (κ2) is 29.0. The van der Waals surface area contributed by atoms with Gasteiger partial charge < -0.3 is 52.0 Å². The molecule has 8 rings (SSSR count). The van der Waals surface area contributed by atoms with Gasteiger partial charge in [-0.3, -0.25) is 0 Å². The number of rotatable bonds is 14. The summed E-state index contributed by atoms with van der Waals surface area (Å²) in [7, 11) is 0. The van der Waals surface area contributed by atoms with Gasteiger partial charge in [0.15, 0.2) is 20.4 Å². The minimum absolute atomic E-state index is 0.310. The van der Waals surface area contributed by atoms with Crippen LogP contribution in [0.1, 0.15) is 71.9 Å². The van der Waals surface area contributed by atoms with E-state index in [1.807, 2.05) is 36.4 Å². The zero-order valence-corrected chi connectivity index (χ0v) is 39.0. The SMILES string of the molecule is S=C1NCc2ccc(cc2)CNC(=S)NCC(CCCCOCc2ccccc2)CNC(=S)NCc2ccc(cc2)CNC(=S)NCC(CCCCOCc2ccccc2)CN1. The van der Waals surface area contributed by atoms with E-state index in [0.29, 0.717) is 71.7 Å². The third kappa shape index (κ3) is 20.6. The Balaban J connectivity index is 1.12. The minimum atomic E-state index is 0.310. The zero-order valence-electron chi connectivity index (χ0n) is 35.7. The Labute approximate surface area is 390 Å². The molecule has 332 valence electrons. The van der Waals surface area contributed by atoms with Gasteiger partial charge in [0.2, 0.25) is 0 Å². The number of thiocarbonyl (C=S) groups is 4. The third-order valence-electron chi connectivity index (χ3n) is 10.6. The number of nitrogens with one attached hydrogen (secondary N) is 8. The van der Waals surface area contributed by atoms with Crippen LogP contribution in [-0.2, 0) is 48.9 Å². The molecule has 4 aromatic rings. The monoisotopic (exact) mass is 912 g/mol. The van der Waals surface area contributed by atoms with Crippen molar-refractivity contribution in [2.45, 2.75) is 77.9 Å². The van der Waals surface area contributed by atoms with E-state index in [4.69, 9.17) is 58.3 Å². The second-order valence-corrected chi connectivity index (χ2v) is 17.3. The van der Waals surface area contributed by atoms with Gasteiger partial charge in [-0.1, -0.05) is 122 Å². The standard InChI is InChI=1S/C48H64N8O2S4/c59-45-49-27-37-17-21-39(22-18-37)29-51-47(61)55-33-44(16-8-10-26-58-36-42-13-5-2-6-14-42)34-56-48(62)52-30-40-23-19-38(20-24-40)28-50-46(60)54-32-43(31-53-45)15-7-9-25-57-35-41-11-3-1-4-12-41/h1-6,11-14,17-24,43-44H,7-10,15-16,25-36H2,(H2,49,53,59)(H2,50,54,60)(H2,51,55,61)(H2,52,56,62). The molecule has 0 aromatic heterocycles. The molecule has 0 atom stereocenters. The molecule has 0 radical (unpaired) electrons. The lowest BCUT2D eigenvalue weighted by molar-refractivity contribution is 0.116. The molecule has 4 heterocycles. The summed E-state index contributed by atoms with van der Waals surface area (Å²) in [6.07, 6.45) is 6.08. The predicted octanol–water partition coefficient (Wildman–Crippen LogP) is 7.26. The lowest BCUT2D eigenvalue weighted by Gasteiger charge is -2.21. The largest absolute Gasteiger partial charge is 0.377 e. The summed E-state index contributed by atoms with van der Waals surface area (Å²) < 4.78 is 11.9. The Kier molecular flexibility index (Phi) is 22.7. The van der Waals surface area contributed by atoms with Crippen LogP contribution in [0.2, 0.25) is 0 Å². The molecule has 0 aliphatic carbocycles. The highest BCUT2D eigenvalue weighted by Crippen LogP contribution is 2.12. The molecule has 4 aromatic carbocycles. The van der Waals surface area contributed by atoms with E-state index in [9.17, 15) is 0 Å². The minimum Gasteiger partial charge on any atom is -0.377 e. The van der Waals surface area contributed by atoms with Crippen LogP contribution >= 0.6 is 48.9 Å². The summed E-state index contributed by atoms with van der Waals surface area (Å²) >= 11 is 22.8. The van der Waals surface area contributed by atoms with Gasteiger partial charge in [-0.25, -0.2) is 0 Å². The fourth-order valence-corrected chi connectivity index (χ4v) is 7.45. The Morgan fingerprint density at radius 1 is 0.371 bits per heavy atom. The fourth-order valence-electron chi connectivity index (χ4n) is 6.83. The Morgan fingerprint density at radius 2 is 0.661 bits per heavy atom. The van der Waals surface area contributed by atoms with Crippen molar-refractivity contribution in [2.75, 3.05) is 39.4 Å². The summed E-state index contributed by atoms with van der Waals surface area (Å²) in [6, 6.07) is 37.6. The van der Waals surface area contributed by atoms with Gasteiger partial charge in [-0.05, 0) is 120 Å². The van der Waals surface area contributed by atoms with Crippen molar-refractivity contribution in [3.63, 3.8) is 0 Å². The van der Waals surface area contributed by atoms with Gasteiger partial charge in [-0.2, -0.15) is 0 Å². The quantitative estimate of drug-likeness (QED) is 0.0480. The van der Waals surface area contributed by atoms with E-state index in [1.54, 1.807) is 0 Å². The van der Waals surface area contributed by atoms with Crippen LogP contribution in [0.5, 0.6) is 0 Å². The van der Waals surface area contributed by atoms with Crippen LogP contribution in [0.3, 0.4) is 0 Å². The highest BCUT2D eigenvalue weighted by atomic mass is 32.1. The molecule has 4 aliphatic rings. The van der Waals surface area contributed by atoms with Crippen molar-refractivity contribution >= 4 is 69.3 Å². The Bertz CT molecular complexity index is 1680. The highest BCUT2D eigenvalue weighted by molar-refractivity contribution is 7.80. The van der Waals surface area contributed by atoms with E-state index in [0.717, 1.165) is 100 Å². The van der Waals surface area contributed by atoms with Gasteiger partial charge in [0, 0.05) is 65.6 Å². The molecule has 0 spiro atoms. The first-order valence-electron chi connectivity index (χ1n) is 21.8. The summed E-state index contributed by atoms with van der Waals surface area (Å²) in [6.45, 7) is 8.15. The van der Waals surface area contributed by atoms with Crippen LogP contribution in [0, 0.1) is 11.8 Å². The molecule has 62 heavy (non-hydrogen) atoms.